The zero-order valence-electron chi connectivity index (χ0n) is 18.5. The minimum absolute atomic E-state index is 0.0583. The molecule has 1 saturated heterocycles. The lowest BCUT2D eigenvalue weighted by atomic mass is 10.1. The van der Waals surface area contributed by atoms with Crippen molar-refractivity contribution in [3.05, 3.63) is 53.9 Å². The molecule has 0 spiro atoms. The van der Waals surface area contributed by atoms with Gasteiger partial charge in [-0.3, -0.25) is 4.79 Å². The topological polar surface area (TPSA) is 86.9 Å². The van der Waals surface area contributed by atoms with Gasteiger partial charge in [0.15, 0.2) is 11.5 Å². The molecule has 1 fully saturated rings. The van der Waals surface area contributed by atoms with Crippen molar-refractivity contribution in [3.63, 3.8) is 0 Å². The molecule has 1 amide bonds. The van der Waals surface area contributed by atoms with Crippen LogP contribution in [0.25, 0.3) is 11.4 Å². The summed E-state index contributed by atoms with van der Waals surface area (Å²) in [6.45, 7) is 5.98. The number of likely N-dealkylation sites (tertiary alicyclic amines) is 1. The fourth-order valence-electron chi connectivity index (χ4n) is 3.79. The largest absolute Gasteiger partial charge is 0.497 e. The number of methoxy groups -OCH3 is 1. The van der Waals surface area contributed by atoms with Crippen molar-refractivity contribution in [2.24, 2.45) is 0 Å². The first-order chi connectivity index (χ1) is 15.6. The molecular formula is C24H27N3O5. The van der Waals surface area contributed by atoms with Gasteiger partial charge in [0, 0.05) is 25.1 Å². The van der Waals surface area contributed by atoms with Crippen LogP contribution in [-0.4, -0.2) is 47.8 Å². The van der Waals surface area contributed by atoms with Crippen LogP contribution in [0, 0.1) is 0 Å². The predicted octanol–water partition coefficient (Wildman–Crippen LogP) is 4.06. The molecule has 1 aliphatic rings. The number of benzene rings is 2. The molecule has 168 valence electrons. The number of hydrogen-bond donors (Lipinski definition) is 0. The maximum atomic E-state index is 12.7. The Morgan fingerprint density at radius 3 is 2.69 bits per heavy atom. The first-order valence-electron chi connectivity index (χ1n) is 10.8. The van der Waals surface area contributed by atoms with Gasteiger partial charge in [-0.1, -0.05) is 23.4 Å². The lowest BCUT2D eigenvalue weighted by molar-refractivity contribution is -0.128. The minimum atomic E-state index is -0.136. The van der Waals surface area contributed by atoms with Gasteiger partial charge >= 0.3 is 0 Å². The van der Waals surface area contributed by atoms with Gasteiger partial charge in [-0.05, 0) is 43.7 Å². The number of carbonyl (C=O) groups excluding carboxylic acids is 1. The Labute approximate surface area is 187 Å². The predicted molar refractivity (Wildman–Crippen MR) is 118 cm³/mol. The maximum Gasteiger partial charge on any atom is 0.232 e. The van der Waals surface area contributed by atoms with E-state index in [-0.39, 0.29) is 11.8 Å². The van der Waals surface area contributed by atoms with Crippen molar-refractivity contribution in [1.29, 1.82) is 0 Å². The monoisotopic (exact) mass is 437 g/mol. The molecule has 32 heavy (non-hydrogen) atoms. The van der Waals surface area contributed by atoms with Gasteiger partial charge in [-0.2, -0.15) is 4.98 Å². The summed E-state index contributed by atoms with van der Waals surface area (Å²) < 4.78 is 22.1. The molecule has 2 aromatic carbocycles. The Morgan fingerprint density at radius 2 is 1.91 bits per heavy atom. The van der Waals surface area contributed by atoms with Gasteiger partial charge in [0.2, 0.25) is 17.6 Å². The third kappa shape index (κ3) is 4.69. The van der Waals surface area contributed by atoms with Crippen molar-refractivity contribution < 1.29 is 23.5 Å². The van der Waals surface area contributed by atoms with E-state index in [2.05, 4.69) is 10.1 Å². The van der Waals surface area contributed by atoms with Crippen molar-refractivity contribution in [2.45, 2.75) is 32.7 Å². The van der Waals surface area contributed by atoms with Crippen LogP contribution in [0.3, 0.4) is 0 Å². The number of rotatable bonds is 9. The number of nitrogens with zero attached hydrogens (tertiary/aromatic N) is 3. The van der Waals surface area contributed by atoms with Crippen LogP contribution >= 0.6 is 0 Å². The molecule has 0 radical (unpaired) electrons. The molecule has 1 unspecified atom stereocenters. The second-order valence-corrected chi connectivity index (χ2v) is 7.51. The molecule has 3 aromatic rings. The molecule has 4 rings (SSSR count). The number of ether oxygens (including phenoxy) is 3. The Kier molecular flexibility index (Phi) is 6.58. The van der Waals surface area contributed by atoms with E-state index in [1.165, 1.54) is 0 Å². The van der Waals surface area contributed by atoms with Crippen molar-refractivity contribution in [1.82, 2.24) is 15.0 Å². The lowest BCUT2D eigenvalue weighted by Gasteiger charge is -2.18. The van der Waals surface area contributed by atoms with Crippen LogP contribution in [0.1, 0.15) is 37.6 Å². The summed E-state index contributed by atoms with van der Waals surface area (Å²) in [6.07, 6.45) is 0.342. The quantitative estimate of drug-likeness (QED) is 0.499. The summed E-state index contributed by atoms with van der Waals surface area (Å²) >= 11 is 0. The Balaban J connectivity index is 1.46. The van der Waals surface area contributed by atoms with E-state index in [1.54, 1.807) is 7.11 Å². The third-order valence-corrected chi connectivity index (χ3v) is 5.31. The molecule has 0 N–H and O–H groups in total. The molecule has 8 nitrogen and oxygen atoms in total. The van der Waals surface area contributed by atoms with Gasteiger partial charge in [-0.15, -0.1) is 0 Å². The van der Waals surface area contributed by atoms with Crippen molar-refractivity contribution >= 4 is 5.91 Å². The summed E-state index contributed by atoms with van der Waals surface area (Å²) in [6, 6.07) is 13.3. The highest BCUT2D eigenvalue weighted by atomic mass is 16.5. The second kappa shape index (κ2) is 9.72. The van der Waals surface area contributed by atoms with E-state index < -0.39 is 0 Å². The average molecular weight is 437 g/mol. The molecule has 2 heterocycles. The summed E-state index contributed by atoms with van der Waals surface area (Å²) in [4.78, 5) is 19.0. The van der Waals surface area contributed by atoms with Gasteiger partial charge in [0.05, 0.1) is 26.2 Å². The molecule has 1 aliphatic heterocycles. The standard InChI is InChI=1S/C24H27N3O5/c1-4-30-20-10-9-16(11-21(20)31-5-2)14-27-15-18(13-22(27)28)24-25-23(26-32-24)17-7-6-8-19(12-17)29-3/h6-12,18H,4-5,13-15H2,1-3H3. The molecule has 0 aliphatic carbocycles. The van der Waals surface area contributed by atoms with Crippen LogP contribution in [0.4, 0.5) is 0 Å². The van der Waals surface area contributed by atoms with E-state index in [9.17, 15) is 4.79 Å². The molecule has 0 bridgehead atoms. The fourth-order valence-corrected chi connectivity index (χ4v) is 3.79. The van der Waals surface area contributed by atoms with Crippen molar-refractivity contribution in [3.8, 4) is 28.6 Å². The van der Waals surface area contributed by atoms with Crippen molar-refractivity contribution in [2.75, 3.05) is 26.9 Å². The summed E-state index contributed by atoms with van der Waals surface area (Å²) in [5, 5.41) is 4.10. The number of amides is 1. The zero-order chi connectivity index (χ0) is 22.5. The van der Waals surface area contributed by atoms with E-state index in [0.29, 0.717) is 55.9 Å². The summed E-state index contributed by atoms with van der Waals surface area (Å²) in [5.41, 5.74) is 1.78. The summed E-state index contributed by atoms with van der Waals surface area (Å²) in [7, 11) is 1.61. The highest BCUT2D eigenvalue weighted by Crippen LogP contribution is 2.32. The maximum absolute atomic E-state index is 12.7. The Bertz CT molecular complexity index is 1080. The van der Waals surface area contributed by atoms with E-state index in [1.807, 2.05) is 61.2 Å². The highest BCUT2D eigenvalue weighted by Gasteiger charge is 2.34. The van der Waals surface area contributed by atoms with Gasteiger partial charge < -0.3 is 23.6 Å². The van der Waals surface area contributed by atoms with Crippen LogP contribution in [0.5, 0.6) is 17.2 Å². The number of hydrogen-bond acceptors (Lipinski definition) is 7. The van der Waals surface area contributed by atoms with E-state index in [4.69, 9.17) is 18.7 Å². The normalized spacial score (nSPS) is 15.8. The smallest absolute Gasteiger partial charge is 0.232 e. The van der Waals surface area contributed by atoms with Gasteiger partial charge in [-0.25, -0.2) is 0 Å². The number of aromatic nitrogens is 2. The first kappa shape index (κ1) is 21.7. The highest BCUT2D eigenvalue weighted by molar-refractivity contribution is 5.79. The zero-order valence-corrected chi connectivity index (χ0v) is 18.5. The Hall–Kier alpha value is -3.55. The van der Waals surface area contributed by atoms with E-state index in [0.717, 1.165) is 16.9 Å². The second-order valence-electron chi connectivity index (χ2n) is 7.51. The van der Waals surface area contributed by atoms with Crippen LogP contribution in [0.2, 0.25) is 0 Å². The fraction of sp³-hybridized carbons (Fsp3) is 0.375. The molecule has 0 saturated carbocycles. The lowest BCUT2D eigenvalue weighted by Crippen LogP contribution is -2.24. The third-order valence-electron chi connectivity index (χ3n) is 5.31. The first-order valence-corrected chi connectivity index (χ1v) is 10.8. The summed E-state index contributed by atoms with van der Waals surface area (Å²) in [5.74, 6) is 3.00. The minimum Gasteiger partial charge on any atom is -0.497 e. The Morgan fingerprint density at radius 1 is 1.09 bits per heavy atom. The van der Waals surface area contributed by atoms with Crippen LogP contribution < -0.4 is 14.2 Å². The number of carbonyl (C=O) groups is 1. The molecule has 1 atom stereocenters. The van der Waals surface area contributed by atoms with Crippen LogP contribution in [-0.2, 0) is 11.3 Å². The average Bonchev–Trinajstić information content (AvgIpc) is 3.43. The van der Waals surface area contributed by atoms with Gasteiger partial charge in [0.1, 0.15) is 5.75 Å². The van der Waals surface area contributed by atoms with Crippen LogP contribution in [0.15, 0.2) is 47.0 Å². The van der Waals surface area contributed by atoms with Gasteiger partial charge in [0.25, 0.3) is 0 Å². The van der Waals surface area contributed by atoms with E-state index >= 15 is 0 Å². The molecular weight excluding hydrogens is 410 g/mol. The SMILES string of the molecule is CCOc1ccc(CN2CC(c3nc(-c4cccc(OC)c4)no3)CC2=O)cc1OCC. The molecule has 8 heteroatoms. The molecule has 1 aromatic heterocycles.